The van der Waals surface area contributed by atoms with Crippen molar-refractivity contribution in [2.45, 2.75) is 0 Å². The lowest BCUT2D eigenvalue weighted by Crippen LogP contribution is -2.29. The highest BCUT2D eigenvalue weighted by Gasteiger charge is 2.13. The maximum atomic E-state index is 12.0. The number of sulfonamides is 1. The van der Waals surface area contributed by atoms with E-state index in [9.17, 15) is 13.2 Å². The molecule has 0 saturated heterocycles. The van der Waals surface area contributed by atoms with E-state index >= 15 is 0 Å². The number of fused-ring (bicyclic) bond motifs is 1. The van der Waals surface area contributed by atoms with E-state index in [0.29, 0.717) is 21.5 Å². The quantitative estimate of drug-likeness (QED) is 0.681. The Bertz CT molecular complexity index is 1110. The molecule has 0 unspecified atom stereocenters. The van der Waals surface area contributed by atoms with Gasteiger partial charge in [0, 0.05) is 17.0 Å². The van der Waals surface area contributed by atoms with Gasteiger partial charge in [-0.05, 0) is 41.8 Å². The molecule has 0 aliphatic rings. The monoisotopic (exact) mass is 409 g/mol. The Morgan fingerprint density at radius 3 is 2.46 bits per heavy atom. The first-order valence-corrected chi connectivity index (χ1v) is 10.1. The highest BCUT2D eigenvalue weighted by molar-refractivity contribution is 7.89. The van der Waals surface area contributed by atoms with Crippen LogP contribution in [0, 0.1) is 0 Å². The molecule has 0 aliphatic heterocycles. The van der Waals surface area contributed by atoms with E-state index in [-0.39, 0.29) is 5.56 Å². The summed E-state index contributed by atoms with van der Waals surface area (Å²) in [6, 6.07) is 15.1. The molecule has 3 rings (SSSR count). The van der Waals surface area contributed by atoms with Crippen LogP contribution in [0.25, 0.3) is 10.8 Å². The summed E-state index contributed by atoms with van der Waals surface area (Å²) in [5.41, 5.74) is 0.231. The van der Waals surface area contributed by atoms with E-state index in [0.717, 1.165) is 17.0 Å². The van der Waals surface area contributed by atoms with Gasteiger partial charge in [-0.15, -0.1) is 0 Å². The van der Waals surface area contributed by atoms with Gasteiger partial charge in [0.15, 0.2) is 0 Å². The van der Waals surface area contributed by atoms with Gasteiger partial charge >= 0.3 is 0 Å². The smallest absolute Gasteiger partial charge is 0.264 e. The van der Waals surface area contributed by atoms with E-state index in [2.05, 4.69) is 0 Å². The van der Waals surface area contributed by atoms with E-state index in [4.69, 9.17) is 27.9 Å². The van der Waals surface area contributed by atoms with Crippen molar-refractivity contribution in [1.82, 2.24) is 4.72 Å². The molecule has 1 amide bonds. The highest BCUT2D eigenvalue weighted by atomic mass is 35.5. The second-order valence-electron chi connectivity index (χ2n) is 5.57. The lowest BCUT2D eigenvalue weighted by atomic mass is 10.1. The number of hydrogen-bond donors (Lipinski definition) is 1. The lowest BCUT2D eigenvalue weighted by Gasteiger charge is -2.11. The minimum atomic E-state index is -3.63. The van der Waals surface area contributed by atoms with Crippen molar-refractivity contribution in [3.63, 3.8) is 0 Å². The third-order valence-corrected chi connectivity index (χ3v) is 4.79. The second-order valence-corrected chi connectivity index (χ2v) is 8.14. The maximum absolute atomic E-state index is 12.0. The number of carbonyl (C=O) groups is 1. The number of rotatable bonds is 4. The Balaban J connectivity index is 1.95. The van der Waals surface area contributed by atoms with Crippen LogP contribution in [-0.2, 0) is 10.0 Å². The van der Waals surface area contributed by atoms with Gasteiger partial charge in [0.1, 0.15) is 11.5 Å². The Morgan fingerprint density at radius 2 is 1.77 bits per heavy atom. The molecule has 0 heterocycles. The topological polar surface area (TPSA) is 72.5 Å². The molecule has 0 bridgehead atoms. The van der Waals surface area contributed by atoms with Crippen LogP contribution < -0.4 is 9.46 Å². The van der Waals surface area contributed by atoms with Crippen molar-refractivity contribution in [2.24, 2.45) is 0 Å². The molecule has 0 fully saturated rings. The molecular formula is C18H13Cl2NO4S. The number of nitrogens with one attached hydrogen (secondary N) is 1. The van der Waals surface area contributed by atoms with E-state index in [1.54, 1.807) is 48.5 Å². The fraction of sp³-hybridized carbons (Fsp3) is 0.0556. The largest absolute Gasteiger partial charge is 0.457 e. The predicted molar refractivity (Wildman–Crippen MR) is 103 cm³/mol. The molecule has 3 aromatic rings. The van der Waals surface area contributed by atoms with Gasteiger partial charge in [-0.1, -0.05) is 35.3 Å². The lowest BCUT2D eigenvalue weighted by molar-refractivity contribution is 0.0982. The zero-order valence-electron chi connectivity index (χ0n) is 13.5. The molecule has 0 saturated carbocycles. The van der Waals surface area contributed by atoms with Gasteiger partial charge in [0.2, 0.25) is 10.0 Å². The summed E-state index contributed by atoms with van der Waals surface area (Å²) in [7, 11) is -3.63. The third kappa shape index (κ3) is 4.27. The summed E-state index contributed by atoms with van der Waals surface area (Å²) < 4.78 is 30.2. The number of hydrogen-bond acceptors (Lipinski definition) is 4. The van der Waals surface area contributed by atoms with Gasteiger partial charge in [-0.3, -0.25) is 4.79 Å². The van der Waals surface area contributed by atoms with E-state index < -0.39 is 15.9 Å². The zero-order valence-corrected chi connectivity index (χ0v) is 15.8. The molecule has 0 spiro atoms. The Kier molecular flexibility index (Phi) is 5.09. The molecule has 8 heteroatoms. The summed E-state index contributed by atoms with van der Waals surface area (Å²) in [6.07, 6.45) is 0.926. The van der Waals surface area contributed by atoms with Crippen molar-refractivity contribution in [2.75, 3.05) is 6.26 Å². The summed E-state index contributed by atoms with van der Waals surface area (Å²) in [6.45, 7) is 0. The number of ether oxygens (including phenoxy) is 1. The number of benzene rings is 3. The van der Waals surface area contributed by atoms with Crippen molar-refractivity contribution in [1.29, 1.82) is 0 Å². The second kappa shape index (κ2) is 7.15. The van der Waals surface area contributed by atoms with Crippen molar-refractivity contribution < 1.29 is 17.9 Å². The van der Waals surface area contributed by atoms with Crippen LogP contribution in [0.3, 0.4) is 0 Å². The summed E-state index contributed by atoms with van der Waals surface area (Å²) in [5.74, 6) is 0.395. The first kappa shape index (κ1) is 18.5. The summed E-state index contributed by atoms with van der Waals surface area (Å²) in [5, 5.41) is 2.29. The number of amides is 1. The Labute approximate surface area is 160 Å². The summed E-state index contributed by atoms with van der Waals surface area (Å²) in [4.78, 5) is 12.0. The molecule has 1 N–H and O–H groups in total. The van der Waals surface area contributed by atoms with Crippen LogP contribution in [0.1, 0.15) is 10.4 Å². The van der Waals surface area contributed by atoms with Crippen molar-refractivity contribution in [3.05, 3.63) is 70.2 Å². The molecule has 0 aliphatic carbocycles. The number of carbonyl (C=O) groups excluding carboxylic acids is 1. The average Bonchev–Trinajstić information content (AvgIpc) is 2.56. The van der Waals surface area contributed by atoms with E-state index in [1.165, 1.54) is 6.07 Å². The highest BCUT2D eigenvalue weighted by Crippen LogP contribution is 2.33. The SMILES string of the molecule is CS(=O)(=O)NC(=O)c1ccc2c(Oc3ccc(Cl)c(Cl)c3)cccc2c1. The fourth-order valence-corrected chi connectivity index (χ4v) is 3.12. The minimum absolute atomic E-state index is 0.231. The first-order valence-electron chi connectivity index (χ1n) is 7.41. The standard InChI is InChI=1S/C18H13Cl2NO4S/c1-26(23,24)21-18(22)12-5-7-14-11(9-12)3-2-4-17(14)25-13-6-8-15(19)16(20)10-13/h2-10H,1H3,(H,21,22). The molecule has 5 nitrogen and oxygen atoms in total. The van der Waals surface area contributed by atoms with Crippen LogP contribution in [0.2, 0.25) is 10.0 Å². The molecule has 0 atom stereocenters. The van der Waals surface area contributed by atoms with Crippen molar-refractivity contribution >= 4 is 49.9 Å². The van der Waals surface area contributed by atoms with Crippen LogP contribution in [0.15, 0.2) is 54.6 Å². The first-order chi connectivity index (χ1) is 12.2. The average molecular weight is 410 g/mol. The van der Waals surface area contributed by atoms with Gasteiger partial charge in [-0.25, -0.2) is 13.1 Å². The normalized spacial score (nSPS) is 11.3. The molecule has 0 aromatic heterocycles. The van der Waals surface area contributed by atoms with Gasteiger partial charge in [0.25, 0.3) is 5.91 Å². The Hall–Kier alpha value is -2.28. The summed E-state index contributed by atoms with van der Waals surface area (Å²) >= 11 is 11.9. The molecule has 26 heavy (non-hydrogen) atoms. The van der Waals surface area contributed by atoms with Gasteiger partial charge in [-0.2, -0.15) is 0 Å². The van der Waals surface area contributed by atoms with Crippen LogP contribution in [-0.4, -0.2) is 20.6 Å². The maximum Gasteiger partial charge on any atom is 0.264 e. The zero-order chi connectivity index (χ0) is 18.9. The minimum Gasteiger partial charge on any atom is -0.457 e. The molecule has 0 radical (unpaired) electrons. The van der Waals surface area contributed by atoms with Crippen molar-refractivity contribution in [3.8, 4) is 11.5 Å². The number of halogens is 2. The van der Waals surface area contributed by atoms with Crippen LogP contribution >= 0.6 is 23.2 Å². The molecule has 134 valence electrons. The van der Waals surface area contributed by atoms with Crippen LogP contribution in [0.4, 0.5) is 0 Å². The Morgan fingerprint density at radius 1 is 1.00 bits per heavy atom. The van der Waals surface area contributed by atoms with Crippen LogP contribution in [0.5, 0.6) is 11.5 Å². The fourth-order valence-electron chi connectivity index (χ4n) is 2.38. The molecule has 3 aromatic carbocycles. The van der Waals surface area contributed by atoms with E-state index in [1.807, 2.05) is 4.72 Å². The third-order valence-electron chi connectivity index (χ3n) is 3.50. The predicted octanol–water partition coefficient (Wildman–Crippen LogP) is 4.63. The molecular weight excluding hydrogens is 397 g/mol. The van der Waals surface area contributed by atoms with Gasteiger partial charge in [0.05, 0.1) is 16.3 Å². The van der Waals surface area contributed by atoms with Gasteiger partial charge < -0.3 is 4.74 Å².